The lowest BCUT2D eigenvalue weighted by atomic mass is 10.2. The predicted molar refractivity (Wildman–Crippen MR) is 68.5 cm³/mol. The van der Waals surface area contributed by atoms with Gasteiger partial charge in [-0.25, -0.2) is 9.78 Å². The Hall–Kier alpha value is -2.50. The Kier molecular flexibility index (Phi) is 3.47. The average molecular weight is 246 g/mol. The standard InChI is InChI=1S/C12H14N4O2/c13-10-7-9(12(17)18)1-2-11(10)15-4-6-16-5-3-14-8-16/h1-3,5,7-8,15H,4,6,13H2,(H,17,18). The van der Waals surface area contributed by atoms with Gasteiger partial charge in [-0.3, -0.25) is 0 Å². The van der Waals surface area contributed by atoms with Gasteiger partial charge in [-0.2, -0.15) is 0 Å². The van der Waals surface area contributed by atoms with E-state index in [-0.39, 0.29) is 5.56 Å². The highest BCUT2D eigenvalue weighted by Gasteiger charge is 2.05. The van der Waals surface area contributed by atoms with Crippen molar-refractivity contribution in [2.75, 3.05) is 17.6 Å². The van der Waals surface area contributed by atoms with Crippen LogP contribution in [0.2, 0.25) is 0 Å². The third-order valence-electron chi connectivity index (χ3n) is 2.54. The number of nitrogens with one attached hydrogen (secondary N) is 1. The van der Waals surface area contributed by atoms with Crippen LogP contribution in [0.25, 0.3) is 0 Å². The Morgan fingerprint density at radius 3 is 2.94 bits per heavy atom. The second-order valence-corrected chi connectivity index (χ2v) is 3.83. The quantitative estimate of drug-likeness (QED) is 0.691. The number of nitrogens with zero attached hydrogens (tertiary/aromatic N) is 2. The molecule has 94 valence electrons. The summed E-state index contributed by atoms with van der Waals surface area (Å²) in [6, 6.07) is 4.65. The highest BCUT2D eigenvalue weighted by Crippen LogP contribution is 2.19. The predicted octanol–water partition coefficient (Wildman–Crippen LogP) is 1.28. The summed E-state index contributed by atoms with van der Waals surface area (Å²) in [4.78, 5) is 14.7. The van der Waals surface area contributed by atoms with E-state index in [1.807, 2.05) is 10.8 Å². The molecule has 2 aromatic rings. The molecule has 0 spiro atoms. The van der Waals surface area contributed by atoms with E-state index < -0.39 is 5.97 Å². The SMILES string of the molecule is Nc1cc(C(=O)O)ccc1NCCn1ccnc1. The lowest BCUT2D eigenvalue weighted by molar-refractivity contribution is 0.0697. The first kappa shape index (κ1) is 12.0. The highest BCUT2D eigenvalue weighted by molar-refractivity contribution is 5.90. The highest BCUT2D eigenvalue weighted by atomic mass is 16.4. The van der Waals surface area contributed by atoms with Crippen LogP contribution in [0.3, 0.4) is 0 Å². The van der Waals surface area contributed by atoms with Crippen LogP contribution in [0.5, 0.6) is 0 Å². The van der Waals surface area contributed by atoms with Crippen molar-refractivity contribution in [2.24, 2.45) is 0 Å². The molecule has 0 amide bonds. The number of hydrogen-bond donors (Lipinski definition) is 3. The summed E-state index contributed by atoms with van der Waals surface area (Å²) >= 11 is 0. The van der Waals surface area contributed by atoms with E-state index in [0.29, 0.717) is 12.2 Å². The minimum atomic E-state index is -0.980. The zero-order valence-electron chi connectivity index (χ0n) is 9.71. The number of carbonyl (C=O) groups is 1. The Bertz CT molecular complexity index is 537. The van der Waals surface area contributed by atoms with E-state index in [1.54, 1.807) is 18.6 Å². The summed E-state index contributed by atoms with van der Waals surface area (Å²) < 4.78 is 1.94. The van der Waals surface area contributed by atoms with Gasteiger partial charge in [-0.05, 0) is 18.2 Å². The monoisotopic (exact) mass is 246 g/mol. The normalized spacial score (nSPS) is 10.2. The zero-order chi connectivity index (χ0) is 13.0. The van der Waals surface area contributed by atoms with E-state index in [4.69, 9.17) is 10.8 Å². The zero-order valence-corrected chi connectivity index (χ0v) is 9.71. The van der Waals surface area contributed by atoms with Crippen LogP contribution in [0.1, 0.15) is 10.4 Å². The van der Waals surface area contributed by atoms with Crippen LogP contribution in [0.4, 0.5) is 11.4 Å². The third-order valence-corrected chi connectivity index (χ3v) is 2.54. The van der Waals surface area contributed by atoms with Gasteiger partial charge in [-0.15, -0.1) is 0 Å². The van der Waals surface area contributed by atoms with Crippen molar-refractivity contribution in [3.8, 4) is 0 Å². The maximum atomic E-state index is 10.7. The minimum absolute atomic E-state index is 0.188. The van der Waals surface area contributed by atoms with Gasteiger partial charge in [0.25, 0.3) is 0 Å². The molecule has 18 heavy (non-hydrogen) atoms. The Morgan fingerprint density at radius 2 is 2.33 bits per heavy atom. The lowest BCUT2D eigenvalue weighted by Crippen LogP contribution is -2.11. The fraction of sp³-hybridized carbons (Fsp3) is 0.167. The number of hydrogen-bond acceptors (Lipinski definition) is 4. The average Bonchev–Trinajstić information content (AvgIpc) is 2.84. The van der Waals surface area contributed by atoms with Crippen molar-refractivity contribution in [2.45, 2.75) is 6.54 Å². The lowest BCUT2D eigenvalue weighted by Gasteiger charge is -2.10. The maximum absolute atomic E-state index is 10.7. The molecular formula is C12H14N4O2. The molecule has 0 bridgehead atoms. The molecule has 0 unspecified atom stereocenters. The number of anilines is 2. The summed E-state index contributed by atoms with van der Waals surface area (Å²) in [6.07, 6.45) is 5.33. The van der Waals surface area contributed by atoms with E-state index in [2.05, 4.69) is 10.3 Å². The molecule has 1 aromatic heterocycles. The Balaban J connectivity index is 1.95. The number of aromatic nitrogens is 2. The number of rotatable bonds is 5. The number of imidazole rings is 1. The first-order valence-electron chi connectivity index (χ1n) is 5.49. The van der Waals surface area contributed by atoms with Gasteiger partial charge in [0.15, 0.2) is 0 Å². The summed E-state index contributed by atoms with van der Waals surface area (Å²) in [5.74, 6) is -0.980. The molecule has 0 radical (unpaired) electrons. The molecule has 1 aromatic carbocycles. The van der Waals surface area contributed by atoms with Crippen LogP contribution in [-0.4, -0.2) is 27.2 Å². The van der Waals surface area contributed by atoms with Crippen LogP contribution in [-0.2, 0) is 6.54 Å². The second kappa shape index (κ2) is 5.22. The minimum Gasteiger partial charge on any atom is -0.478 e. The van der Waals surface area contributed by atoms with Crippen LogP contribution >= 0.6 is 0 Å². The molecule has 1 heterocycles. The Morgan fingerprint density at radius 1 is 1.50 bits per heavy atom. The van der Waals surface area contributed by atoms with E-state index in [1.165, 1.54) is 12.1 Å². The van der Waals surface area contributed by atoms with Gasteiger partial charge in [0.1, 0.15) is 0 Å². The van der Waals surface area contributed by atoms with E-state index in [0.717, 1.165) is 12.2 Å². The molecular weight excluding hydrogens is 232 g/mol. The first-order valence-corrected chi connectivity index (χ1v) is 5.49. The molecule has 0 aliphatic carbocycles. The molecule has 0 atom stereocenters. The summed E-state index contributed by atoms with van der Waals surface area (Å²) in [6.45, 7) is 1.45. The van der Waals surface area contributed by atoms with Crippen LogP contribution < -0.4 is 11.1 Å². The largest absolute Gasteiger partial charge is 0.478 e. The molecule has 0 fully saturated rings. The fourth-order valence-corrected chi connectivity index (χ4v) is 1.60. The van der Waals surface area contributed by atoms with E-state index in [9.17, 15) is 4.79 Å². The summed E-state index contributed by atoms with van der Waals surface area (Å²) in [7, 11) is 0. The molecule has 0 saturated heterocycles. The van der Waals surface area contributed by atoms with Crippen molar-refractivity contribution < 1.29 is 9.90 Å². The second-order valence-electron chi connectivity index (χ2n) is 3.83. The van der Waals surface area contributed by atoms with Crippen molar-refractivity contribution in [3.63, 3.8) is 0 Å². The van der Waals surface area contributed by atoms with Crippen LogP contribution in [0.15, 0.2) is 36.9 Å². The maximum Gasteiger partial charge on any atom is 0.335 e. The summed E-state index contributed by atoms with van der Waals surface area (Å²) in [5.41, 5.74) is 7.13. The smallest absolute Gasteiger partial charge is 0.335 e. The van der Waals surface area contributed by atoms with Crippen molar-refractivity contribution in [1.29, 1.82) is 0 Å². The van der Waals surface area contributed by atoms with Gasteiger partial charge in [-0.1, -0.05) is 0 Å². The van der Waals surface area contributed by atoms with Crippen molar-refractivity contribution in [1.82, 2.24) is 9.55 Å². The number of carboxylic acids is 1. The molecule has 4 N–H and O–H groups in total. The third kappa shape index (κ3) is 2.79. The molecule has 0 saturated carbocycles. The van der Waals surface area contributed by atoms with Gasteiger partial charge in [0, 0.05) is 25.5 Å². The van der Waals surface area contributed by atoms with E-state index >= 15 is 0 Å². The molecule has 0 aliphatic heterocycles. The number of aromatic carboxylic acids is 1. The number of carboxylic acid groups (broad SMARTS) is 1. The first-order chi connectivity index (χ1) is 8.66. The molecule has 0 aliphatic rings. The van der Waals surface area contributed by atoms with Gasteiger partial charge in [0.2, 0.25) is 0 Å². The van der Waals surface area contributed by atoms with Gasteiger partial charge < -0.3 is 20.7 Å². The molecule has 6 nitrogen and oxygen atoms in total. The number of benzene rings is 1. The van der Waals surface area contributed by atoms with Gasteiger partial charge in [0.05, 0.1) is 23.3 Å². The van der Waals surface area contributed by atoms with Crippen molar-refractivity contribution >= 4 is 17.3 Å². The van der Waals surface area contributed by atoms with Crippen LogP contribution in [0, 0.1) is 0 Å². The van der Waals surface area contributed by atoms with Crippen molar-refractivity contribution in [3.05, 3.63) is 42.5 Å². The number of nitrogen functional groups attached to an aromatic ring is 1. The Labute approximate surface area is 104 Å². The summed E-state index contributed by atoms with van der Waals surface area (Å²) in [5, 5.41) is 12.0. The number of nitrogens with two attached hydrogens (primary N) is 1. The fourth-order valence-electron chi connectivity index (χ4n) is 1.60. The molecule has 2 rings (SSSR count). The van der Waals surface area contributed by atoms with Gasteiger partial charge >= 0.3 is 5.97 Å². The topological polar surface area (TPSA) is 93.2 Å². The molecule has 6 heteroatoms.